The Bertz CT molecular complexity index is 953. The number of carbonyl (C=O) groups is 1. The van der Waals surface area contributed by atoms with E-state index in [4.69, 9.17) is 4.74 Å². The molecule has 3 aliphatic rings. The van der Waals surface area contributed by atoms with Gasteiger partial charge >= 0.3 is 6.09 Å². The molecule has 1 amide bonds. The van der Waals surface area contributed by atoms with E-state index >= 15 is 0 Å². The van der Waals surface area contributed by atoms with E-state index in [-0.39, 0.29) is 35.6 Å². The molecule has 30 heavy (non-hydrogen) atoms. The maximum absolute atomic E-state index is 12.1. The summed E-state index contributed by atoms with van der Waals surface area (Å²) in [4.78, 5) is 16.4. The van der Waals surface area contributed by atoms with Gasteiger partial charge in [-0.25, -0.2) is 9.78 Å². The van der Waals surface area contributed by atoms with Gasteiger partial charge in [0.15, 0.2) is 0 Å². The summed E-state index contributed by atoms with van der Waals surface area (Å²) in [5.74, 6) is 0.206. The van der Waals surface area contributed by atoms with Crippen LogP contribution in [0.3, 0.4) is 0 Å². The molecular formula is C24H31N3O3. The minimum absolute atomic E-state index is 0.0188. The molecule has 6 heteroatoms. The van der Waals surface area contributed by atoms with E-state index < -0.39 is 5.60 Å². The summed E-state index contributed by atoms with van der Waals surface area (Å²) in [6.07, 6.45) is 7.83. The van der Waals surface area contributed by atoms with Crippen molar-refractivity contribution < 1.29 is 14.6 Å². The van der Waals surface area contributed by atoms with Gasteiger partial charge < -0.3 is 19.7 Å². The molecule has 1 aromatic carbocycles. The van der Waals surface area contributed by atoms with Gasteiger partial charge in [-0.3, -0.25) is 0 Å². The average molecular weight is 410 g/mol. The molecule has 2 N–H and O–H groups in total. The van der Waals surface area contributed by atoms with Crippen molar-refractivity contribution in [1.29, 1.82) is 0 Å². The van der Waals surface area contributed by atoms with Crippen molar-refractivity contribution in [3.8, 4) is 11.3 Å². The van der Waals surface area contributed by atoms with Crippen LogP contribution in [0.25, 0.3) is 11.3 Å². The van der Waals surface area contributed by atoms with Crippen molar-refractivity contribution in [2.24, 2.45) is 11.3 Å². The van der Waals surface area contributed by atoms with Gasteiger partial charge in [0.1, 0.15) is 5.60 Å². The van der Waals surface area contributed by atoms with Gasteiger partial charge in [0.05, 0.1) is 30.4 Å². The molecule has 2 fully saturated rings. The second-order valence-corrected chi connectivity index (χ2v) is 10.3. The van der Waals surface area contributed by atoms with Crippen molar-refractivity contribution in [3.63, 3.8) is 0 Å². The number of nitrogens with zero attached hydrogens (tertiary/aromatic N) is 2. The fourth-order valence-electron chi connectivity index (χ4n) is 5.90. The number of alkyl carbamates (subject to hydrolysis) is 1. The summed E-state index contributed by atoms with van der Waals surface area (Å²) in [7, 11) is 0. The number of fused-ring (bicyclic) bond motifs is 3. The first-order chi connectivity index (χ1) is 14.3. The van der Waals surface area contributed by atoms with Crippen molar-refractivity contribution >= 4 is 6.09 Å². The summed E-state index contributed by atoms with van der Waals surface area (Å²) < 4.78 is 7.63. The highest BCUT2D eigenvalue weighted by Crippen LogP contribution is 2.60. The van der Waals surface area contributed by atoms with Crippen LogP contribution in [0.1, 0.15) is 64.5 Å². The van der Waals surface area contributed by atoms with Crippen LogP contribution in [0.2, 0.25) is 0 Å². The lowest BCUT2D eigenvalue weighted by atomic mass is 9.51. The molecule has 1 aromatic heterocycles. The van der Waals surface area contributed by atoms with Gasteiger partial charge in [0.2, 0.25) is 0 Å². The van der Waals surface area contributed by atoms with Crippen molar-refractivity contribution in [3.05, 3.63) is 42.4 Å². The molecule has 5 rings (SSSR count). The van der Waals surface area contributed by atoms with E-state index in [2.05, 4.69) is 39.1 Å². The van der Waals surface area contributed by atoms with Crippen molar-refractivity contribution in [2.75, 3.05) is 0 Å². The molecule has 0 saturated heterocycles. The van der Waals surface area contributed by atoms with E-state index in [0.29, 0.717) is 0 Å². The predicted molar refractivity (Wildman–Crippen MR) is 114 cm³/mol. The van der Waals surface area contributed by atoms with Crippen LogP contribution in [0, 0.1) is 11.3 Å². The van der Waals surface area contributed by atoms with Crippen LogP contribution in [-0.4, -0.2) is 38.5 Å². The fourth-order valence-corrected chi connectivity index (χ4v) is 5.90. The first-order valence-electron chi connectivity index (χ1n) is 11.1. The quantitative estimate of drug-likeness (QED) is 0.776. The van der Waals surface area contributed by atoms with E-state index in [1.54, 1.807) is 0 Å². The highest BCUT2D eigenvalue weighted by molar-refractivity contribution is 5.69. The zero-order chi connectivity index (χ0) is 21.1. The molecule has 2 heterocycles. The van der Waals surface area contributed by atoms with Crippen molar-refractivity contribution in [1.82, 2.24) is 14.9 Å². The van der Waals surface area contributed by atoms with E-state index in [1.807, 2.05) is 33.3 Å². The molecule has 1 aliphatic heterocycles. The van der Waals surface area contributed by atoms with Crippen LogP contribution >= 0.6 is 0 Å². The molecule has 0 radical (unpaired) electrons. The second-order valence-electron chi connectivity index (χ2n) is 10.3. The van der Waals surface area contributed by atoms with Gasteiger partial charge in [-0.05, 0) is 63.9 Å². The third-order valence-electron chi connectivity index (χ3n) is 7.30. The summed E-state index contributed by atoms with van der Waals surface area (Å²) in [6.45, 7) is 5.63. The Balaban J connectivity index is 1.24. The second kappa shape index (κ2) is 6.84. The average Bonchev–Trinajstić information content (AvgIpc) is 3.27. The molecule has 2 aliphatic carbocycles. The number of carbonyl (C=O) groups excluding carboxylic acids is 1. The van der Waals surface area contributed by atoms with Crippen LogP contribution in [-0.2, 0) is 4.74 Å². The summed E-state index contributed by atoms with van der Waals surface area (Å²) >= 11 is 0. The predicted octanol–water partition coefficient (Wildman–Crippen LogP) is 4.29. The van der Waals surface area contributed by atoms with Gasteiger partial charge in [-0.1, -0.05) is 24.3 Å². The summed E-state index contributed by atoms with van der Waals surface area (Å²) in [5, 5.41) is 14.3. The molecule has 2 aromatic rings. The number of rotatable bonds is 2. The number of amides is 1. The monoisotopic (exact) mass is 409 g/mol. The first kappa shape index (κ1) is 19.6. The number of ether oxygens (including phenoxy) is 1. The lowest BCUT2D eigenvalue weighted by Crippen LogP contribution is -2.58. The number of nitrogens with one attached hydrogen (secondary N) is 1. The number of aliphatic hydroxyl groups excluding tert-OH is 1. The number of imidazole rings is 1. The molecule has 1 spiro atoms. The number of aromatic nitrogens is 2. The Morgan fingerprint density at radius 3 is 2.70 bits per heavy atom. The lowest BCUT2D eigenvalue weighted by Gasteiger charge is -2.57. The highest BCUT2D eigenvalue weighted by Gasteiger charge is 2.57. The fraction of sp³-hybridized carbons (Fsp3) is 0.583. The van der Waals surface area contributed by atoms with Gasteiger partial charge in [0.25, 0.3) is 0 Å². The highest BCUT2D eigenvalue weighted by atomic mass is 16.6. The normalized spacial score (nSPS) is 32.3. The number of aliphatic hydroxyl groups is 1. The third kappa shape index (κ3) is 3.13. The van der Waals surface area contributed by atoms with Crippen molar-refractivity contribution in [2.45, 2.75) is 76.7 Å². The zero-order valence-corrected chi connectivity index (χ0v) is 18.0. The van der Waals surface area contributed by atoms with Crippen LogP contribution in [0.5, 0.6) is 0 Å². The number of hydrogen-bond donors (Lipinski definition) is 2. The Morgan fingerprint density at radius 2 is 2.00 bits per heavy atom. The summed E-state index contributed by atoms with van der Waals surface area (Å²) in [5.41, 5.74) is 3.18. The lowest BCUT2D eigenvalue weighted by molar-refractivity contribution is -0.152. The SMILES string of the molecule is CC(C)(C)OC(=O)N[C@H]1CC[C@]2(CC1)C[C@@H]([C@@H]1c3ccccc3-c3cncn31)[C@@H]2O. The Morgan fingerprint density at radius 1 is 1.27 bits per heavy atom. The topological polar surface area (TPSA) is 76.4 Å². The largest absolute Gasteiger partial charge is 0.444 e. The number of benzene rings is 1. The molecule has 2 saturated carbocycles. The molecule has 160 valence electrons. The summed E-state index contributed by atoms with van der Waals surface area (Å²) in [6, 6.07) is 8.78. The van der Waals surface area contributed by atoms with Crippen LogP contribution in [0.15, 0.2) is 36.8 Å². The molecule has 0 unspecified atom stereocenters. The van der Waals surface area contributed by atoms with E-state index in [1.165, 1.54) is 11.1 Å². The minimum Gasteiger partial charge on any atom is -0.444 e. The molecule has 0 bridgehead atoms. The zero-order valence-electron chi connectivity index (χ0n) is 18.0. The standard InChI is InChI=1S/C24H31N3O3/c1-23(2,3)30-22(29)26-15-8-10-24(11-9-15)12-18(21(24)28)20-17-7-5-4-6-16(17)19-13-25-14-27(19)20/h4-7,13-15,18,20-21,28H,8-12H2,1-3H3,(H,26,29)/t15-,18-,20-,21-,24-/m0/s1. The van der Waals surface area contributed by atoms with Gasteiger partial charge in [-0.2, -0.15) is 0 Å². The Kier molecular flexibility index (Phi) is 4.47. The number of hydrogen-bond acceptors (Lipinski definition) is 4. The third-order valence-corrected chi connectivity index (χ3v) is 7.30. The Hall–Kier alpha value is -2.34. The van der Waals surface area contributed by atoms with Crippen LogP contribution < -0.4 is 5.32 Å². The minimum atomic E-state index is -0.485. The van der Waals surface area contributed by atoms with Gasteiger partial charge in [-0.15, -0.1) is 0 Å². The maximum atomic E-state index is 12.1. The first-order valence-corrected chi connectivity index (χ1v) is 11.1. The van der Waals surface area contributed by atoms with E-state index in [0.717, 1.165) is 37.8 Å². The molecular weight excluding hydrogens is 378 g/mol. The van der Waals surface area contributed by atoms with E-state index in [9.17, 15) is 9.90 Å². The smallest absolute Gasteiger partial charge is 0.407 e. The molecule has 3 atom stereocenters. The molecule has 6 nitrogen and oxygen atoms in total. The Labute approximate surface area is 177 Å². The van der Waals surface area contributed by atoms with Crippen LogP contribution in [0.4, 0.5) is 4.79 Å². The van der Waals surface area contributed by atoms with Gasteiger partial charge in [0, 0.05) is 17.5 Å². The maximum Gasteiger partial charge on any atom is 0.407 e.